The van der Waals surface area contributed by atoms with E-state index in [0.717, 1.165) is 32.8 Å². The predicted molar refractivity (Wildman–Crippen MR) is 50.5 cm³/mol. The van der Waals surface area contributed by atoms with Crippen molar-refractivity contribution in [2.45, 2.75) is 0 Å². The third-order valence-corrected chi connectivity index (χ3v) is 1.98. The molecule has 0 unspecified atom stereocenters. The zero-order valence-corrected chi connectivity index (χ0v) is 7.95. The van der Waals surface area contributed by atoms with E-state index in [1.807, 2.05) is 6.08 Å². The first-order chi connectivity index (χ1) is 6.33. The highest BCUT2D eigenvalue weighted by Gasteiger charge is 2.07. The van der Waals surface area contributed by atoms with E-state index in [9.17, 15) is 4.79 Å². The topological polar surface area (TPSA) is 41.6 Å². The van der Waals surface area contributed by atoms with Crippen molar-refractivity contribution in [3.05, 3.63) is 12.2 Å². The maximum atomic E-state index is 10.8. The van der Waals surface area contributed by atoms with E-state index >= 15 is 0 Å². The van der Waals surface area contributed by atoms with Gasteiger partial charge in [-0.1, -0.05) is 6.08 Å². The molecule has 0 aliphatic carbocycles. The summed E-state index contributed by atoms with van der Waals surface area (Å²) in [7, 11) is 1.63. The number of hydrogen-bond donors (Lipinski definition) is 1. The number of carbonyl (C=O) groups is 1. The number of morpholine rings is 1. The number of hydrogen-bond acceptors (Lipinski definition) is 3. The zero-order chi connectivity index (χ0) is 9.52. The molecule has 1 N–H and O–H groups in total. The standard InChI is InChI=1S/C9H16N2O2/c1-10-9(12)3-2-4-11-5-7-13-8-6-11/h2-3H,4-8H2,1H3,(H,10,12)/b3-2+. The molecule has 0 aromatic rings. The van der Waals surface area contributed by atoms with Gasteiger partial charge in [-0.15, -0.1) is 0 Å². The molecule has 74 valence electrons. The summed E-state index contributed by atoms with van der Waals surface area (Å²) in [5.41, 5.74) is 0. The Hall–Kier alpha value is -0.870. The Morgan fingerprint density at radius 3 is 2.85 bits per heavy atom. The Balaban J connectivity index is 2.16. The maximum Gasteiger partial charge on any atom is 0.243 e. The van der Waals surface area contributed by atoms with Crippen LogP contribution >= 0.6 is 0 Å². The smallest absolute Gasteiger partial charge is 0.243 e. The van der Waals surface area contributed by atoms with E-state index in [-0.39, 0.29) is 5.91 Å². The summed E-state index contributed by atoms with van der Waals surface area (Å²) < 4.78 is 5.20. The lowest BCUT2D eigenvalue weighted by atomic mass is 10.4. The summed E-state index contributed by atoms with van der Waals surface area (Å²) in [5, 5.41) is 2.53. The van der Waals surface area contributed by atoms with Crippen molar-refractivity contribution in [3.63, 3.8) is 0 Å². The average molecular weight is 184 g/mol. The lowest BCUT2D eigenvalue weighted by Gasteiger charge is -2.24. The molecule has 1 aliphatic heterocycles. The van der Waals surface area contributed by atoms with Crippen LogP contribution in [0.3, 0.4) is 0 Å². The van der Waals surface area contributed by atoms with Crippen molar-refractivity contribution in [3.8, 4) is 0 Å². The van der Waals surface area contributed by atoms with E-state index in [1.165, 1.54) is 0 Å². The molecule has 1 fully saturated rings. The first-order valence-corrected chi connectivity index (χ1v) is 4.51. The SMILES string of the molecule is CNC(=O)/C=C/CN1CCOCC1. The van der Waals surface area contributed by atoms with Crippen molar-refractivity contribution in [2.75, 3.05) is 39.9 Å². The molecule has 0 spiro atoms. The van der Waals surface area contributed by atoms with Crippen LogP contribution in [-0.2, 0) is 9.53 Å². The first-order valence-electron chi connectivity index (χ1n) is 4.51. The molecule has 1 amide bonds. The average Bonchev–Trinajstić information content (AvgIpc) is 2.19. The number of carbonyl (C=O) groups excluding carboxylic acids is 1. The minimum Gasteiger partial charge on any atom is -0.379 e. The molecule has 1 rings (SSSR count). The summed E-state index contributed by atoms with van der Waals surface area (Å²) in [4.78, 5) is 13.1. The molecule has 0 saturated carbocycles. The second kappa shape index (κ2) is 5.72. The van der Waals surface area contributed by atoms with Crippen LogP contribution in [0.15, 0.2) is 12.2 Å². The largest absolute Gasteiger partial charge is 0.379 e. The van der Waals surface area contributed by atoms with Gasteiger partial charge in [-0.05, 0) is 0 Å². The van der Waals surface area contributed by atoms with E-state index in [1.54, 1.807) is 13.1 Å². The highest BCUT2D eigenvalue weighted by atomic mass is 16.5. The molecule has 1 saturated heterocycles. The van der Waals surface area contributed by atoms with E-state index in [4.69, 9.17) is 4.74 Å². The van der Waals surface area contributed by atoms with Crippen LogP contribution in [0, 0.1) is 0 Å². The van der Waals surface area contributed by atoms with Gasteiger partial charge >= 0.3 is 0 Å². The van der Waals surface area contributed by atoms with Gasteiger partial charge in [0.25, 0.3) is 0 Å². The normalized spacial score (nSPS) is 19.2. The van der Waals surface area contributed by atoms with Gasteiger partial charge in [-0.3, -0.25) is 9.69 Å². The van der Waals surface area contributed by atoms with Gasteiger partial charge in [-0.25, -0.2) is 0 Å². The summed E-state index contributed by atoms with van der Waals surface area (Å²) >= 11 is 0. The number of nitrogens with zero attached hydrogens (tertiary/aromatic N) is 1. The third kappa shape index (κ3) is 4.05. The fourth-order valence-electron chi connectivity index (χ4n) is 1.18. The van der Waals surface area contributed by atoms with Crippen LogP contribution in [0.1, 0.15) is 0 Å². The second-order valence-corrected chi connectivity index (χ2v) is 2.93. The summed E-state index contributed by atoms with van der Waals surface area (Å²) in [6, 6.07) is 0. The van der Waals surface area contributed by atoms with Crippen LogP contribution in [0.25, 0.3) is 0 Å². The minimum absolute atomic E-state index is 0.0479. The quantitative estimate of drug-likeness (QED) is 0.608. The summed E-state index contributed by atoms with van der Waals surface area (Å²) in [5.74, 6) is -0.0479. The Morgan fingerprint density at radius 1 is 1.54 bits per heavy atom. The maximum absolute atomic E-state index is 10.8. The molecule has 0 radical (unpaired) electrons. The van der Waals surface area contributed by atoms with Gasteiger partial charge in [-0.2, -0.15) is 0 Å². The van der Waals surface area contributed by atoms with E-state index in [0.29, 0.717) is 0 Å². The van der Waals surface area contributed by atoms with E-state index in [2.05, 4.69) is 10.2 Å². The molecule has 13 heavy (non-hydrogen) atoms. The lowest BCUT2D eigenvalue weighted by Crippen LogP contribution is -2.36. The summed E-state index contributed by atoms with van der Waals surface area (Å²) in [6.45, 7) is 4.34. The van der Waals surface area contributed by atoms with Crippen LogP contribution in [0.5, 0.6) is 0 Å². The third-order valence-electron chi connectivity index (χ3n) is 1.98. The molecule has 4 nitrogen and oxygen atoms in total. The summed E-state index contributed by atoms with van der Waals surface area (Å²) in [6.07, 6.45) is 3.44. The molecular weight excluding hydrogens is 168 g/mol. The molecule has 0 atom stereocenters. The van der Waals surface area contributed by atoms with Gasteiger partial charge in [0, 0.05) is 32.8 Å². The van der Waals surface area contributed by atoms with Gasteiger partial charge in [0.1, 0.15) is 0 Å². The van der Waals surface area contributed by atoms with Crippen molar-refractivity contribution >= 4 is 5.91 Å². The van der Waals surface area contributed by atoms with Gasteiger partial charge in [0.05, 0.1) is 13.2 Å². The predicted octanol–water partition coefficient (Wildman–Crippen LogP) is -0.379. The molecule has 0 aromatic heterocycles. The number of ether oxygens (including phenoxy) is 1. The zero-order valence-electron chi connectivity index (χ0n) is 7.95. The fourth-order valence-corrected chi connectivity index (χ4v) is 1.18. The Bertz CT molecular complexity index is 186. The monoisotopic (exact) mass is 184 g/mol. The number of nitrogens with one attached hydrogen (secondary N) is 1. The van der Waals surface area contributed by atoms with Crippen LogP contribution < -0.4 is 5.32 Å². The van der Waals surface area contributed by atoms with Crippen molar-refractivity contribution in [1.29, 1.82) is 0 Å². The molecule has 1 heterocycles. The number of amides is 1. The Labute approximate surface area is 78.5 Å². The number of rotatable bonds is 3. The number of likely N-dealkylation sites (N-methyl/N-ethyl adjacent to an activating group) is 1. The molecule has 4 heteroatoms. The Kier molecular flexibility index (Phi) is 4.49. The Morgan fingerprint density at radius 2 is 2.23 bits per heavy atom. The van der Waals surface area contributed by atoms with Crippen molar-refractivity contribution < 1.29 is 9.53 Å². The first kappa shape index (κ1) is 10.2. The highest BCUT2D eigenvalue weighted by molar-refractivity contribution is 5.87. The van der Waals surface area contributed by atoms with Crippen LogP contribution in [-0.4, -0.2) is 50.7 Å². The van der Waals surface area contributed by atoms with Crippen molar-refractivity contribution in [1.82, 2.24) is 10.2 Å². The van der Waals surface area contributed by atoms with Gasteiger partial charge < -0.3 is 10.1 Å². The highest BCUT2D eigenvalue weighted by Crippen LogP contribution is 1.95. The molecular formula is C9H16N2O2. The second-order valence-electron chi connectivity index (χ2n) is 2.93. The minimum atomic E-state index is -0.0479. The van der Waals surface area contributed by atoms with Gasteiger partial charge in [0.15, 0.2) is 0 Å². The molecule has 0 bridgehead atoms. The van der Waals surface area contributed by atoms with E-state index < -0.39 is 0 Å². The van der Waals surface area contributed by atoms with Crippen LogP contribution in [0.2, 0.25) is 0 Å². The van der Waals surface area contributed by atoms with Gasteiger partial charge in [0.2, 0.25) is 5.91 Å². The van der Waals surface area contributed by atoms with Crippen LogP contribution in [0.4, 0.5) is 0 Å². The fraction of sp³-hybridized carbons (Fsp3) is 0.667. The lowest BCUT2D eigenvalue weighted by molar-refractivity contribution is -0.116. The van der Waals surface area contributed by atoms with Crippen molar-refractivity contribution in [2.24, 2.45) is 0 Å². The molecule has 0 aromatic carbocycles. The molecule has 1 aliphatic rings.